The first kappa shape index (κ1) is 15.9. The van der Waals surface area contributed by atoms with Crippen molar-refractivity contribution in [1.82, 2.24) is 10.2 Å². The van der Waals surface area contributed by atoms with E-state index in [1.54, 1.807) is 0 Å². The van der Waals surface area contributed by atoms with Gasteiger partial charge in [0, 0.05) is 26.2 Å². The normalized spacial score (nSPS) is 21.4. The zero-order chi connectivity index (χ0) is 13.8. The van der Waals surface area contributed by atoms with Gasteiger partial charge in [0.25, 0.3) is 0 Å². The Morgan fingerprint density at radius 3 is 2.28 bits per heavy atom. The van der Waals surface area contributed by atoms with Crippen LogP contribution in [0.2, 0.25) is 0 Å². The van der Waals surface area contributed by atoms with E-state index in [2.05, 4.69) is 37.9 Å². The molecule has 0 atom stereocenters. The van der Waals surface area contributed by atoms with E-state index in [1.165, 1.54) is 0 Å². The monoisotopic (exact) mass is 276 g/mol. The fraction of sp³-hybridized carbons (Fsp3) is 1.00. The molecule has 0 aromatic rings. The SMILES string of the molecule is CC(C)CNCC(C)(C)CN1CCS(=O)(=O)CC1. The lowest BCUT2D eigenvalue weighted by atomic mass is 9.92. The summed E-state index contributed by atoms with van der Waals surface area (Å²) >= 11 is 0. The number of nitrogens with zero attached hydrogens (tertiary/aromatic N) is 1. The van der Waals surface area contributed by atoms with E-state index in [0.717, 1.165) is 19.6 Å². The van der Waals surface area contributed by atoms with Gasteiger partial charge in [0.15, 0.2) is 9.84 Å². The highest BCUT2D eigenvalue weighted by atomic mass is 32.2. The standard InChI is InChI=1S/C13H28N2O2S/c1-12(2)9-14-10-13(3,4)11-15-5-7-18(16,17)8-6-15/h12,14H,5-11H2,1-4H3. The molecule has 5 heteroatoms. The van der Waals surface area contributed by atoms with Gasteiger partial charge in [-0.15, -0.1) is 0 Å². The fourth-order valence-corrected chi connectivity index (χ4v) is 3.55. The van der Waals surface area contributed by atoms with Crippen LogP contribution in [-0.2, 0) is 9.84 Å². The number of rotatable bonds is 6. The Morgan fingerprint density at radius 1 is 1.22 bits per heavy atom. The molecule has 1 aliphatic rings. The molecule has 0 amide bonds. The summed E-state index contributed by atoms with van der Waals surface area (Å²) in [6, 6.07) is 0. The van der Waals surface area contributed by atoms with Crippen molar-refractivity contribution in [3.63, 3.8) is 0 Å². The van der Waals surface area contributed by atoms with Gasteiger partial charge in [-0.2, -0.15) is 0 Å². The second-order valence-corrected chi connectivity index (χ2v) is 8.92. The minimum Gasteiger partial charge on any atom is -0.316 e. The predicted molar refractivity (Wildman–Crippen MR) is 76.6 cm³/mol. The summed E-state index contributed by atoms with van der Waals surface area (Å²) in [6.07, 6.45) is 0. The molecule has 0 aromatic carbocycles. The molecule has 0 radical (unpaired) electrons. The Balaban J connectivity index is 2.32. The third-order valence-corrected chi connectivity index (χ3v) is 4.85. The molecule has 0 unspecified atom stereocenters. The predicted octanol–water partition coefficient (Wildman–Crippen LogP) is 0.989. The van der Waals surface area contributed by atoms with Crippen LogP contribution in [-0.4, -0.2) is 57.5 Å². The molecule has 1 rings (SSSR count). The third-order valence-electron chi connectivity index (χ3n) is 3.24. The number of hydrogen-bond acceptors (Lipinski definition) is 4. The average molecular weight is 276 g/mol. The van der Waals surface area contributed by atoms with Gasteiger partial charge < -0.3 is 10.2 Å². The Hall–Kier alpha value is -0.130. The highest BCUT2D eigenvalue weighted by Gasteiger charge is 2.26. The van der Waals surface area contributed by atoms with Gasteiger partial charge in [-0.3, -0.25) is 0 Å². The number of hydrogen-bond donors (Lipinski definition) is 1. The van der Waals surface area contributed by atoms with Crippen LogP contribution in [0.3, 0.4) is 0 Å². The van der Waals surface area contributed by atoms with Crippen LogP contribution >= 0.6 is 0 Å². The summed E-state index contributed by atoms with van der Waals surface area (Å²) in [5, 5.41) is 3.49. The van der Waals surface area contributed by atoms with Gasteiger partial charge in [-0.05, 0) is 17.9 Å². The smallest absolute Gasteiger partial charge is 0.152 e. The highest BCUT2D eigenvalue weighted by Crippen LogP contribution is 2.17. The van der Waals surface area contributed by atoms with Gasteiger partial charge in [0.2, 0.25) is 0 Å². The van der Waals surface area contributed by atoms with E-state index in [-0.39, 0.29) is 5.41 Å². The Kier molecular flexibility index (Phi) is 5.62. The van der Waals surface area contributed by atoms with Gasteiger partial charge in [0.05, 0.1) is 11.5 Å². The second kappa shape index (κ2) is 6.35. The van der Waals surface area contributed by atoms with E-state index >= 15 is 0 Å². The molecule has 0 aromatic heterocycles. The maximum Gasteiger partial charge on any atom is 0.152 e. The topological polar surface area (TPSA) is 49.4 Å². The summed E-state index contributed by atoms with van der Waals surface area (Å²) in [4.78, 5) is 2.28. The van der Waals surface area contributed by atoms with E-state index in [1.807, 2.05) is 0 Å². The molecule has 1 N–H and O–H groups in total. The summed E-state index contributed by atoms with van der Waals surface area (Å²) < 4.78 is 22.7. The van der Waals surface area contributed by atoms with Crippen molar-refractivity contribution in [3.8, 4) is 0 Å². The van der Waals surface area contributed by atoms with Gasteiger partial charge in [0.1, 0.15) is 0 Å². The van der Waals surface area contributed by atoms with Crippen LogP contribution in [0, 0.1) is 11.3 Å². The van der Waals surface area contributed by atoms with Crippen LogP contribution < -0.4 is 5.32 Å². The van der Waals surface area contributed by atoms with Crippen molar-refractivity contribution in [1.29, 1.82) is 0 Å². The van der Waals surface area contributed by atoms with Gasteiger partial charge in [-0.25, -0.2) is 8.42 Å². The van der Waals surface area contributed by atoms with Crippen molar-refractivity contribution >= 4 is 9.84 Å². The van der Waals surface area contributed by atoms with Crippen molar-refractivity contribution in [2.45, 2.75) is 27.7 Å². The first-order valence-corrected chi connectivity index (χ1v) is 8.66. The maximum atomic E-state index is 11.4. The van der Waals surface area contributed by atoms with Gasteiger partial charge in [-0.1, -0.05) is 27.7 Å². The van der Waals surface area contributed by atoms with Crippen LogP contribution in [0.25, 0.3) is 0 Å². The number of sulfone groups is 1. The second-order valence-electron chi connectivity index (χ2n) is 6.62. The first-order valence-electron chi connectivity index (χ1n) is 6.84. The summed E-state index contributed by atoms with van der Waals surface area (Å²) in [5.74, 6) is 1.31. The Labute approximate surface area is 112 Å². The first-order chi connectivity index (χ1) is 8.20. The summed E-state index contributed by atoms with van der Waals surface area (Å²) in [5.41, 5.74) is 0.190. The van der Waals surface area contributed by atoms with Crippen molar-refractivity contribution in [3.05, 3.63) is 0 Å². The average Bonchev–Trinajstić information content (AvgIpc) is 2.20. The van der Waals surface area contributed by atoms with Crippen LogP contribution in [0.15, 0.2) is 0 Å². The van der Waals surface area contributed by atoms with E-state index in [4.69, 9.17) is 0 Å². The molecular formula is C13H28N2O2S. The molecule has 108 valence electrons. The third kappa shape index (κ3) is 6.16. The number of nitrogens with one attached hydrogen (secondary N) is 1. The zero-order valence-corrected chi connectivity index (χ0v) is 13.0. The molecule has 0 aliphatic carbocycles. The van der Waals surface area contributed by atoms with Gasteiger partial charge >= 0.3 is 0 Å². The molecule has 1 aliphatic heterocycles. The molecule has 0 saturated carbocycles. The van der Waals surface area contributed by atoms with Crippen molar-refractivity contribution < 1.29 is 8.42 Å². The summed E-state index contributed by atoms with van der Waals surface area (Å²) in [6.45, 7) is 13.3. The van der Waals surface area contributed by atoms with Crippen molar-refractivity contribution in [2.24, 2.45) is 11.3 Å². The molecule has 1 heterocycles. The molecule has 1 saturated heterocycles. The minimum absolute atomic E-state index is 0.190. The largest absolute Gasteiger partial charge is 0.316 e. The van der Waals surface area contributed by atoms with E-state index in [0.29, 0.717) is 30.5 Å². The molecule has 4 nitrogen and oxygen atoms in total. The van der Waals surface area contributed by atoms with Crippen LogP contribution in [0.5, 0.6) is 0 Å². The maximum absolute atomic E-state index is 11.4. The molecule has 0 spiro atoms. The van der Waals surface area contributed by atoms with Crippen LogP contribution in [0.4, 0.5) is 0 Å². The molecule has 0 bridgehead atoms. The van der Waals surface area contributed by atoms with Crippen LogP contribution in [0.1, 0.15) is 27.7 Å². The summed E-state index contributed by atoms with van der Waals surface area (Å²) in [7, 11) is -2.76. The lowest BCUT2D eigenvalue weighted by Crippen LogP contribution is -2.47. The highest BCUT2D eigenvalue weighted by molar-refractivity contribution is 7.91. The lowest BCUT2D eigenvalue weighted by Gasteiger charge is -2.35. The quantitative estimate of drug-likeness (QED) is 0.786. The minimum atomic E-state index is -2.76. The van der Waals surface area contributed by atoms with Crippen molar-refractivity contribution in [2.75, 3.05) is 44.2 Å². The Bertz CT molecular complexity index is 336. The Morgan fingerprint density at radius 2 is 1.78 bits per heavy atom. The molecule has 1 fully saturated rings. The molecule has 18 heavy (non-hydrogen) atoms. The molecular weight excluding hydrogens is 248 g/mol. The zero-order valence-electron chi connectivity index (χ0n) is 12.2. The fourth-order valence-electron chi connectivity index (χ4n) is 2.27. The van der Waals surface area contributed by atoms with E-state index in [9.17, 15) is 8.42 Å². The lowest BCUT2D eigenvalue weighted by molar-refractivity contribution is 0.184. The van der Waals surface area contributed by atoms with E-state index < -0.39 is 9.84 Å².